The van der Waals surface area contributed by atoms with Crippen molar-refractivity contribution >= 4 is 6.03 Å². The molecule has 2 amide bonds. The molecule has 2 aromatic carbocycles. The zero-order valence-corrected chi connectivity index (χ0v) is 17.5. The highest BCUT2D eigenvalue weighted by Gasteiger charge is 2.17. The first kappa shape index (κ1) is 21.0. The SMILES string of the molecule is COc1cc(C(C)NC(=O)NCc2cnn(-c3ccccc3)c2)cc(OC)c1OC. The Morgan fingerprint density at radius 1 is 1.07 bits per heavy atom. The first-order chi connectivity index (χ1) is 14.5. The summed E-state index contributed by atoms with van der Waals surface area (Å²) in [7, 11) is 4.66. The maximum atomic E-state index is 12.4. The van der Waals surface area contributed by atoms with Crippen LogP contribution in [0.15, 0.2) is 54.9 Å². The number of para-hydroxylation sites is 1. The molecule has 0 saturated carbocycles. The van der Waals surface area contributed by atoms with Gasteiger partial charge >= 0.3 is 6.03 Å². The molecule has 1 unspecified atom stereocenters. The number of benzene rings is 2. The van der Waals surface area contributed by atoms with E-state index in [1.807, 2.05) is 55.6 Å². The van der Waals surface area contributed by atoms with Crippen LogP contribution >= 0.6 is 0 Å². The van der Waals surface area contributed by atoms with Crippen LogP contribution in [0.3, 0.4) is 0 Å². The van der Waals surface area contributed by atoms with E-state index in [4.69, 9.17) is 14.2 Å². The number of hydrogen-bond acceptors (Lipinski definition) is 5. The van der Waals surface area contributed by atoms with Crippen molar-refractivity contribution in [2.75, 3.05) is 21.3 Å². The topological polar surface area (TPSA) is 86.6 Å². The summed E-state index contributed by atoms with van der Waals surface area (Å²) >= 11 is 0. The van der Waals surface area contributed by atoms with E-state index in [0.717, 1.165) is 16.8 Å². The fraction of sp³-hybridized carbons (Fsp3) is 0.273. The summed E-state index contributed by atoms with van der Waals surface area (Å²) in [6, 6.07) is 12.9. The largest absolute Gasteiger partial charge is 0.493 e. The van der Waals surface area contributed by atoms with E-state index in [2.05, 4.69) is 15.7 Å². The van der Waals surface area contributed by atoms with Gasteiger partial charge in [0, 0.05) is 18.3 Å². The first-order valence-corrected chi connectivity index (χ1v) is 9.49. The zero-order chi connectivity index (χ0) is 21.5. The maximum Gasteiger partial charge on any atom is 0.315 e. The number of amides is 2. The van der Waals surface area contributed by atoms with Crippen LogP contribution in [0.2, 0.25) is 0 Å². The van der Waals surface area contributed by atoms with Gasteiger partial charge in [-0.15, -0.1) is 0 Å². The maximum absolute atomic E-state index is 12.4. The van der Waals surface area contributed by atoms with Crippen molar-refractivity contribution in [3.05, 3.63) is 66.0 Å². The molecule has 2 N–H and O–H groups in total. The van der Waals surface area contributed by atoms with E-state index in [0.29, 0.717) is 23.8 Å². The Labute approximate surface area is 175 Å². The highest BCUT2D eigenvalue weighted by molar-refractivity contribution is 5.74. The molecule has 3 rings (SSSR count). The fourth-order valence-corrected chi connectivity index (χ4v) is 3.04. The quantitative estimate of drug-likeness (QED) is 0.594. The lowest BCUT2D eigenvalue weighted by atomic mass is 10.1. The van der Waals surface area contributed by atoms with Crippen molar-refractivity contribution in [3.63, 3.8) is 0 Å². The third-order valence-electron chi connectivity index (χ3n) is 4.64. The van der Waals surface area contributed by atoms with Gasteiger partial charge < -0.3 is 24.8 Å². The summed E-state index contributed by atoms with van der Waals surface area (Å²) in [5, 5.41) is 10.1. The van der Waals surface area contributed by atoms with Crippen LogP contribution < -0.4 is 24.8 Å². The van der Waals surface area contributed by atoms with Crippen LogP contribution in [-0.4, -0.2) is 37.1 Å². The molecule has 0 radical (unpaired) electrons. The molecule has 1 atom stereocenters. The zero-order valence-electron chi connectivity index (χ0n) is 17.5. The first-order valence-electron chi connectivity index (χ1n) is 9.49. The molecule has 0 aliphatic rings. The minimum Gasteiger partial charge on any atom is -0.493 e. The van der Waals surface area contributed by atoms with Gasteiger partial charge in [0.25, 0.3) is 0 Å². The average molecular weight is 410 g/mol. The molecular weight excluding hydrogens is 384 g/mol. The summed E-state index contributed by atoms with van der Waals surface area (Å²) < 4.78 is 17.9. The molecule has 0 aliphatic carbocycles. The lowest BCUT2D eigenvalue weighted by Gasteiger charge is -2.19. The summed E-state index contributed by atoms with van der Waals surface area (Å²) in [4.78, 5) is 12.4. The van der Waals surface area contributed by atoms with Crippen LogP contribution in [0.1, 0.15) is 24.1 Å². The fourth-order valence-electron chi connectivity index (χ4n) is 3.04. The lowest BCUT2D eigenvalue weighted by Crippen LogP contribution is -2.36. The number of ether oxygens (including phenoxy) is 3. The number of aromatic nitrogens is 2. The van der Waals surface area contributed by atoms with E-state index in [1.165, 1.54) is 0 Å². The Hall–Kier alpha value is -3.68. The van der Waals surface area contributed by atoms with Gasteiger partial charge in [-0.25, -0.2) is 9.48 Å². The standard InChI is InChI=1S/C22H26N4O4/c1-15(17-10-19(28-2)21(30-4)20(11-17)29-3)25-22(27)23-12-16-13-24-26(14-16)18-8-6-5-7-9-18/h5-11,13-15H,12H2,1-4H3,(H2,23,25,27). The molecule has 8 heteroatoms. The monoisotopic (exact) mass is 410 g/mol. The molecule has 0 spiro atoms. The van der Waals surface area contributed by atoms with Gasteiger partial charge in [0.1, 0.15) is 0 Å². The molecule has 3 aromatic rings. The van der Waals surface area contributed by atoms with Crippen LogP contribution in [0.5, 0.6) is 17.2 Å². The number of nitrogens with zero attached hydrogens (tertiary/aromatic N) is 2. The molecule has 0 fully saturated rings. The minimum absolute atomic E-state index is 0.272. The van der Waals surface area contributed by atoms with Gasteiger partial charge in [0.2, 0.25) is 5.75 Å². The summed E-state index contributed by atoms with van der Waals surface area (Å²) in [6.07, 6.45) is 3.62. The smallest absolute Gasteiger partial charge is 0.315 e. The second kappa shape index (κ2) is 9.69. The van der Waals surface area contributed by atoms with Crippen molar-refractivity contribution in [1.82, 2.24) is 20.4 Å². The Bertz CT molecular complexity index is 963. The second-order valence-corrected chi connectivity index (χ2v) is 6.64. The summed E-state index contributed by atoms with van der Waals surface area (Å²) in [6.45, 7) is 2.24. The van der Waals surface area contributed by atoms with Crippen LogP contribution in [0, 0.1) is 0 Å². The van der Waals surface area contributed by atoms with E-state index in [9.17, 15) is 4.79 Å². The van der Waals surface area contributed by atoms with Gasteiger partial charge in [-0.2, -0.15) is 5.10 Å². The highest BCUT2D eigenvalue weighted by atomic mass is 16.5. The number of nitrogens with one attached hydrogen (secondary N) is 2. The second-order valence-electron chi connectivity index (χ2n) is 6.64. The minimum atomic E-state index is -0.288. The van der Waals surface area contributed by atoms with E-state index in [-0.39, 0.29) is 12.1 Å². The molecular formula is C22H26N4O4. The molecule has 0 saturated heterocycles. The Morgan fingerprint density at radius 3 is 2.33 bits per heavy atom. The number of hydrogen-bond donors (Lipinski definition) is 2. The van der Waals surface area contributed by atoms with E-state index >= 15 is 0 Å². The molecule has 0 bridgehead atoms. The highest BCUT2D eigenvalue weighted by Crippen LogP contribution is 2.39. The molecule has 8 nitrogen and oxygen atoms in total. The molecule has 1 heterocycles. The van der Waals surface area contributed by atoms with Gasteiger partial charge in [-0.05, 0) is 36.8 Å². The predicted octanol–water partition coefficient (Wildman–Crippen LogP) is 3.46. The molecule has 30 heavy (non-hydrogen) atoms. The lowest BCUT2D eigenvalue weighted by molar-refractivity contribution is 0.237. The van der Waals surface area contributed by atoms with E-state index in [1.54, 1.807) is 32.2 Å². The number of rotatable bonds is 8. The Morgan fingerprint density at radius 2 is 1.73 bits per heavy atom. The number of urea groups is 1. The van der Waals surface area contributed by atoms with Gasteiger partial charge in [0.05, 0.1) is 39.3 Å². The average Bonchev–Trinajstić information content (AvgIpc) is 3.26. The Balaban J connectivity index is 1.61. The molecule has 0 aliphatic heterocycles. The van der Waals surface area contributed by atoms with E-state index < -0.39 is 0 Å². The van der Waals surface area contributed by atoms with Crippen molar-refractivity contribution < 1.29 is 19.0 Å². The molecule has 158 valence electrons. The van der Waals surface area contributed by atoms with Crippen molar-refractivity contribution in [2.45, 2.75) is 19.5 Å². The number of carbonyl (C=O) groups excluding carboxylic acids is 1. The summed E-state index contributed by atoms with van der Waals surface area (Å²) in [5.41, 5.74) is 2.69. The third-order valence-corrected chi connectivity index (χ3v) is 4.64. The van der Waals surface area contributed by atoms with Crippen LogP contribution in [0.25, 0.3) is 5.69 Å². The van der Waals surface area contributed by atoms with Gasteiger partial charge in [-0.3, -0.25) is 0 Å². The van der Waals surface area contributed by atoms with Gasteiger partial charge in [-0.1, -0.05) is 18.2 Å². The summed E-state index contributed by atoms with van der Waals surface area (Å²) in [5.74, 6) is 1.58. The normalized spacial score (nSPS) is 11.5. The van der Waals surface area contributed by atoms with Gasteiger partial charge in [0.15, 0.2) is 11.5 Å². The Kier molecular flexibility index (Phi) is 6.79. The van der Waals surface area contributed by atoms with Crippen molar-refractivity contribution in [1.29, 1.82) is 0 Å². The predicted molar refractivity (Wildman–Crippen MR) is 113 cm³/mol. The van der Waals surface area contributed by atoms with Crippen molar-refractivity contribution in [3.8, 4) is 22.9 Å². The van der Waals surface area contributed by atoms with Crippen LogP contribution in [-0.2, 0) is 6.54 Å². The molecule has 1 aromatic heterocycles. The van der Waals surface area contributed by atoms with Crippen molar-refractivity contribution in [2.24, 2.45) is 0 Å². The number of carbonyl (C=O) groups is 1. The number of methoxy groups -OCH3 is 3. The third kappa shape index (κ3) is 4.83. The van der Waals surface area contributed by atoms with Crippen LogP contribution in [0.4, 0.5) is 4.79 Å².